The Morgan fingerprint density at radius 3 is 2.95 bits per heavy atom. The van der Waals surface area contributed by atoms with Crippen LogP contribution in [0, 0.1) is 0 Å². The van der Waals surface area contributed by atoms with Crippen molar-refractivity contribution in [1.82, 2.24) is 9.78 Å². The van der Waals surface area contributed by atoms with Gasteiger partial charge in [-0.2, -0.15) is 5.10 Å². The summed E-state index contributed by atoms with van der Waals surface area (Å²) < 4.78 is 8.42. The summed E-state index contributed by atoms with van der Waals surface area (Å²) in [6.45, 7) is 0.495. The Balaban J connectivity index is 2.05. The number of aryl methyl sites for hydroxylation is 1. The second-order valence-corrected chi connectivity index (χ2v) is 5.31. The first-order valence-corrected chi connectivity index (χ1v) is 7.16. The number of hydrogen-bond donors (Lipinski definition) is 1. The molecular formula is C15H15BrN2O3. The van der Waals surface area contributed by atoms with Crippen LogP contribution in [0.5, 0.6) is 5.75 Å². The molecule has 0 aliphatic carbocycles. The van der Waals surface area contributed by atoms with Gasteiger partial charge in [0.25, 0.3) is 0 Å². The van der Waals surface area contributed by atoms with E-state index in [1.54, 1.807) is 10.9 Å². The molecule has 21 heavy (non-hydrogen) atoms. The zero-order chi connectivity index (χ0) is 15.2. The quantitative estimate of drug-likeness (QED) is 0.813. The average Bonchev–Trinajstić information content (AvgIpc) is 2.84. The molecule has 5 nitrogen and oxygen atoms in total. The normalized spacial score (nSPS) is 11.0. The molecule has 0 unspecified atom stereocenters. The maximum atomic E-state index is 10.6. The van der Waals surface area contributed by atoms with Crippen LogP contribution in [-0.2, 0) is 18.3 Å². The fourth-order valence-corrected chi connectivity index (χ4v) is 2.23. The Hall–Kier alpha value is -2.08. The third-order valence-electron chi connectivity index (χ3n) is 2.92. The van der Waals surface area contributed by atoms with E-state index in [4.69, 9.17) is 9.84 Å². The molecule has 2 aromatic rings. The van der Waals surface area contributed by atoms with Crippen molar-refractivity contribution in [3.63, 3.8) is 0 Å². The number of hydrogen-bond acceptors (Lipinski definition) is 3. The van der Waals surface area contributed by atoms with Crippen LogP contribution in [0.4, 0.5) is 0 Å². The van der Waals surface area contributed by atoms with Gasteiger partial charge in [-0.05, 0) is 30.3 Å². The van der Waals surface area contributed by atoms with Gasteiger partial charge < -0.3 is 9.84 Å². The fourth-order valence-electron chi connectivity index (χ4n) is 1.85. The lowest BCUT2D eigenvalue weighted by Crippen LogP contribution is -2.06. The molecule has 0 bridgehead atoms. The summed E-state index contributed by atoms with van der Waals surface area (Å²) in [4.78, 5) is 10.6. The van der Waals surface area contributed by atoms with Crippen LogP contribution in [0.3, 0.4) is 0 Å². The zero-order valence-electron chi connectivity index (χ0n) is 11.5. The van der Waals surface area contributed by atoms with Crippen molar-refractivity contribution in [2.45, 2.75) is 6.42 Å². The molecule has 0 fully saturated rings. The van der Waals surface area contributed by atoms with Crippen LogP contribution in [-0.4, -0.2) is 27.5 Å². The van der Waals surface area contributed by atoms with Crippen molar-refractivity contribution in [3.05, 3.63) is 52.3 Å². The second-order valence-electron chi connectivity index (χ2n) is 4.40. The third-order valence-corrected chi connectivity index (χ3v) is 3.41. The van der Waals surface area contributed by atoms with Gasteiger partial charge in [-0.15, -0.1) is 0 Å². The van der Waals surface area contributed by atoms with Gasteiger partial charge in [0.2, 0.25) is 0 Å². The first-order chi connectivity index (χ1) is 10.1. The molecule has 0 aliphatic rings. The highest BCUT2D eigenvalue weighted by Gasteiger charge is 2.04. The number of carbonyl (C=O) groups is 1. The van der Waals surface area contributed by atoms with E-state index in [1.165, 1.54) is 6.08 Å². The topological polar surface area (TPSA) is 64.4 Å². The maximum absolute atomic E-state index is 10.6. The molecular weight excluding hydrogens is 336 g/mol. The minimum Gasteiger partial charge on any atom is -0.493 e. The van der Waals surface area contributed by atoms with Crippen LogP contribution in [0.1, 0.15) is 11.3 Å². The molecule has 0 saturated heterocycles. The third kappa shape index (κ3) is 4.46. The Labute approximate surface area is 131 Å². The standard InChI is InChI=1S/C15H15BrN2O3/c1-18-13(6-8-17-18)7-9-21-14-4-3-12(16)10-11(14)2-5-15(19)20/h2-6,8,10H,7,9H2,1H3,(H,19,20)/b5-2+. The van der Waals surface area contributed by atoms with Crippen LogP contribution in [0.2, 0.25) is 0 Å². The Morgan fingerprint density at radius 1 is 1.48 bits per heavy atom. The SMILES string of the molecule is Cn1nccc1CCOc1ccc(Br)cc1/C=C/C(=O)O. The molecule has 1 aromatic carbocycles. The van der Waals surface area contributed by atoms with E-state index in [9.17, 15) is 4.79 Å². The molecule has 2 rings (SSSR count). The smallest absolute Gasteiger partial charge is 0.328 e. The van der Waals surface area contributed by atoms with E-state index >= 15 is 0 Å². The van der Waals surface area contributed by atoms with Crippen molar-refractivity contribution >= 4 is 28.0 Å². The van der Waals surface area contributed by atoms with Gasteiger partial charge in [0.05, 0.1) is 6.61 Å². The van der Waals surface area contributed by atoms with Crippen molar-refractivity contribution in [2.24, 2.45) is 7.05 Å². The van der Waals surface area contributed by atoms with E-state index in [0.29, 0.717) is 12.4 Å². The summed E-state index contributed by atoms with van der Waals surface area (Å²) in [6, 6.07) is 7.43. The van der Waals surface area contributed by atoms with Gasteiger partial charge in [-0.1, -0.05) is 15.9 Å². The number of carboxylic acid groups (broad SMARTS) is 1. The van der Waals surface area contributed by atoms with E-state index in [-0.39, 0.29) is 0 Å². The first kappa shape index (κ1) is 15.3. The number of ether oxygens (including phenoxy) is 1. The van der Waals surface area contributed by atoms with Crippen molar-refractivity contribution < 1.29 is 14.6 Å². The summed E-state index contributed by atoms with van der Waals surface area (Å²) >= 11 is 3.36. The highest BCUT2D eigenvalue weighted by atomic mass is 79.9. The lowest BCUT2D eigenvalue weighted by atomic mass is 10.2. The van der Waals surface area contributed by atoms with E-state index < -0.39 is 5.97 Å². The number of nitrogens with zero attached hydrogens (tertiary/aromatic N) is 2. The molecule has 0 amide bonds. The van der Waals surface area contributed by atoms with Crippen molar-refractivity contribution in [1.29, 1.82) is 0 Å². The molecule has 1 aromatic heterocycles. The lowest BCUT2D eigenvalue weighted by Gasteiger charge is -2.10. The summed E-state index contributed by atoms with van der Waals surface area (Å²) in [7, 11) is 1.88. The van der Waals surface area contributed by atoms with Crippen LogP contribution in [0.25, 0.3) is 6.08 Å². The number of halogens is 1. The molecule has 6 heteroatoms. The highest BCUT2D eigenvalue weighted by molar-refractivity contribution is 9.10. The van der Waals surface area contributed by atoms with E-state index in [2.05, 4.69) is 21.0 Å². The molecule has 110 valence electrons. The first-order valence-electron chi connectivity index (χ1n) is 6.36. The Morgan fingerprint density at radius 2 is 2.29 bits per heavy atom. The lowest BCUT2D eigenvalue weighted by molar-refractivity contribution is -0.131. The number of carboxylic acids is 1. The molecule has 0 saturated carbocycles. The molecule has 0 atom stereocenters. The summed E-state index contributed by atoms with van der Waals surface area (Å²) in [5.74, 6) is -0.339. The Kier molecular flexibility index (Phi) is 5.16. The Bertz CT molecular complexity index is 665. The van der Waals surface area contributed by atoms with Crippen molar-refractivity contribution in [3.8, 4) is 5.75 Å². The zero-order valence-corrected chi connectivity index (χ0v) is 13.1. The number of benzene rings is 1. The number of rotatable bonds is 6. The van der Waals surface area contributed by atoms with Gasteiger partial charge in [-0.3, -0.25) is 4.68 Å². The van der Waals surface area contributed by atoms with Crippen LogP contribution >= 0.6 is 15.9 Å². The number of aromatic nitrogens is 2. The predicted molar refractivity (Wildman–Crippen MR) is 83.2 cm³/mol. The highest BCUT2D eigenvalue weighted by Crippen LogP contribution is 2.24. The molecule has 0 spiro atoms. The van der Waals surface area contributed by atoms with Crippen molar-refractivity contribution in [2.75, 3.05) is 6.61 Å². The van der Waals surface area contributed by atoms with Gasteiger partial charge in [0, 0.05) is 41.5 Å². The van der Waals surface area contributed by atoms with Crippen LogP contribution in [0.15, 0.2) is 41.0 Å². The molecule has 0 radical (unpaired) electrons. The van der Waals surface area contributed by atoms with Gasteiger partial charge in [0.1, 0.15) is 5.75 Å². The molecule has 1 N–H and O–H groups in total. The summed E-state index contributed by atoms with van der Waals surface area (Å²) in [5, 5.41) is 12.8. The van der Waals surface area contributed by atoms with Gasteiger partial charge >= 0.3 is 5.97 Å². The van der Waals surface area contributed by atoms with E-state index in [0.717, 1.165) is 28.2 Å². The molecule has 1 heterocycles. The second kappa shape index (κ2) is 7.08. The molecule has 0 aliphatic heterocycles. The largest absolute Gasteiger partial charge is 0.493 e. The monoisotopic (exact) mass is 350 g/mol. The summed E-state index contributed by atoms with van der Waals surface area (Å²) in [5.41, 5.74) is 1.80. The number of aliphatic carboxylic acids is 1. The summed E-state index contributed by atoms with van der Waals surface area (Å²) in [6.07, 6.45) is 5.09. The predicted octanol–water partition coefficient (Wildman–Crippen LogP) is 2.90. The fraction of sp³-hybridized carbons (Fsp3) is 0.200. The maximum Gasteiger partial charge on any atom is 0.328 e. The average molecular weight is 351 g/mol. The van der Waals surface area contributed by atoms with Crippen LogP contribution < -0.4 is 4.74 Å². The van der Waals surface area contributed by atoms with E-state index in [1.807, 2.05) is 31.3 Å². The minimum absolute atomic E-state index is 0.495. The van der Waals surface area contributed by atoms with Gasteiger partial charge in [-0.25, -0.2) is 4.79 Å². The minimum atomic E-state index is -0.990. The van der Waals surface area contributed by atoms with Gasteiger partial charge in [0.15, 0.2) is 0 Å².